The van der Waals surface area contributed by atoms with Gasteiger partial charge in [-0.15, -0.1) is 0 Å². The summed E-state index contributed by atoms with van der Waals surface area (Å²) in [5.74, 6) is 0.705. The number of anilines is 1. The molecule has 0 radical (unpaired) electrons. The molecular formula is C10H10ClN3O. The van der Waals surface area contributed by atoms with E-state index in [-0.39, 0.29) is 0 Å². The number of hydrogen-bond acceptors (Lipinski definition) is 3. The Morgan fingerprint density at radius 1 is 1.47 bits per heavy atom. The lowest BCUT2D eigenvalue weighted by atomic mass is 10.3. The Labute approximate surface area is 92.2 Å². The van der Waals surface area contributed by atoms with Crippen molar-refractivity contribution in [2.24, 2.45) is 0 Å². The first-order chi connectivity index (χ1) is 7.24. The molecule has 0 fully saturated rings. The van der Waals surface area contributed by atoms with Gasteiger partial charge in [-0.2, -0.15) is 5.10 Å². The zero-order chi connectivity index (χ0) is 10.7. The summed E-state index contributed by atoms with van der Waals surface area (Å²) in [6, 6.07) is 7.20. The maximum atomic E-state index is 5.81. The van der Waals surface area contributed by atoms with Gasteiger partial charge >= 0.3 is 0 Å². The Morgan fingerprint density at radius 3 is 3.00 bits per heavy atom. The van der Waals surface area contributed by atoms with Gasteiger partial charge in [-0.3, -0.25) is 0 Å². The van der Waals surface area contributed by atoms with Crippen LogP contribution in [0, 0.1) is 0 Å². The number of aromatic nitrogens is 2. The first-order valence-corrected chi connectivity index (χ1v) is 4.78. The number of nitrogens with two attached hydrogens (primary N) is 1. The topological polar surface area (TPSA) is 53.1 Å². The molecule has 0 aliphatic heterocycles. The van der Waals surface area contributed by atoms with Crippen LogP contribution in [-0.4, -0.2) is 9.78 Å². The summed E-state index contributed by atoms with van der Waals surface area (Å²) in [5.41, 5.74) is 6.13. The number of nitrogens with zero attached hydrogens (tertiary/aromatic N) is 2. The van der Waals surface area contributed by atoms with Crippen molar-refractivity contribution in [2.45, 2.75) is 6.73 Å². The fourth-order valence-electron chi connectivity index (χ4n) is 1.15. The standard InChI is InChI=1S/C10H10ClN3O/c11-8-2-1-3-10(4-8)15-7-14-6-9(12)5-13-14/h1-6H,7,12H2. The summed E-state index contributed by atoms with van der Waals surface area (Å²) in [6.45, 7) is 0.317. The molecule has 0 saturated heterocycles. The number of ether oxygens (including phenoxy) is 1. The molecule has 5 heteroatoms. The zero-order valence-electron chi connectivity index (χ0n) is 7.93. The van der Waals surface area contributed by atoms with E-state index in [9.17, 15) is 0 Å². The fourth-order valence-corrected chi connectivity index (χ4v) is 1.33. The highest BCUT2D eigenvalue weighted by molar-refractivity contribution is 6.30. The Balaban J connectivity index is 1.99. The molecule has 0 aliphatic carbocycles. The van der Waals surface area contributed by atoms with Crippen molar-refractivity contribution in [1.82, 2.24) is 9.78 Å². The molecule has 15 heavy (non-hydrogen) atoms. The quantitative estimate of drug-likeness (QED) is 0.868. The van der Waals surface area contributed by atoms with Crippen molar-refractivity contribution < 1.29 is 4.74 Å². The van der Waals surface area contributed by atoms with Gasteiger partial charge in [-0.25, -0.2) is 4.68 Å². The van der Waals surface area contributed by atoms with Gasteiger partial charge in [0.1, 0.15) is 5.75 Å². The van der Waals surface area contributed by atoms with E-state index in [1.165, 1.54) is 0 Å². The predicted octanol–water partition coefficient (Wildman–Crippen LogP) is 2.16. The van der Waals surface area contributed by atoms with Crippen molar-refractivity contribution in [3.63, 3.8) is 0 Å². The summed E-state index contributed by atoms with van der Waals surface area (Å²) in [6.07, 6.45) is 3.27. The second-order valence-electron chi connectivity index (χ2n) is 3.04. The van der Waals surface area contributed by atoms with E-state index < -0.39 is 0 Å². The van der Waals surface area contributed by atoms with Crippen LogP contribution in [0.4, 0.5) is 5.69 Å². The second kappa shape index (κ2) is 4.23. The van der Waals surface area contributed by atoms with Gasteiger partial charge in [0.2, 0.25) is 0 Å². The number of nitrogen functional groups attached to an aromatic ring is 1. The molecule has 2 rings (SSSR count). The van der Waals surface area contributed by atoms with Crippen LogP contribution < -0.4 is 10.5 Å². The number of rotatable bonds is 3. The smallest absolute Gasteiger partial charge is 0.180 e. The molecule has 0 unspecified atom stereocenters. The average Bonchev–Trinajstić information content (AvgIpc) is 2.62. The minimum Gasteiger partial charge on any atom is -0.471 e. The van der Waals surface area contributed by atoms with Crippen LogP contribution in [0.15, 0.2) is 36.7 Å². The van der Waals surface area contributed by atoms with Gasteiger partial charge in [-0.1, -0.05) is 17.7 Å². The molecule has 0 amide bonds. The van der Waals surface area contributed by atoms with Gasteiger partial charge in [-0.05, 0) is 18.2 Å². The lowest BCUT2D eigenvalue weighted by Gasteiger charge is -2.05. The van der Waals surface area contributed by atoms with Crippen molar-refractivity contribution in [1.29, 1.82) is 0 Å². The first-order valence-electron chi connectivity index (χ1n) is 4.40. The van der Waals surface area contributed by atoms with Gasteiger partial charge in [0.25, 0.3) is 0 Å². The minimum absolute atomic E-state index is 0.317. The molecule has 78 valence electrons. The molecule has 0 bridgehead atoms. The number of hydrogen-bond donors (Lipinski definition) is 1. The molecule has 1 aromatic carbocycles. The minimum atomic E-state index is 0.317. The van der Waals surface area contributed by atoms with Crippen molar-refractivity contribution in [2.75, 3.05) is 5.73 Å². The van der Waals surface area contributed by atoms with Crippen LogP contribution in [0.3, 0.4) is 0 Å². The van der Waals surface area contributed by atoms with E-state index in [0.717, 1.165) is 0 Å². The van der Waals surface area contributed by atoms with Gasteiger partial charge in [0.05, 0.1) is 18.1 Å². The van der Waals surface area contributed by atoms with E-state index in [1.807, 2.05) is 12.1 Å². The van der Waals surface area contributed by atoms with Gasteiger partial charge < -0.3 is 10.5 Å². The fraction of sp³-hybridized carbons (Fsp3) is 0.100. The van der Waals surface area contributed by atoms with Crippen molar-refractivity contribution in [3.8, 4) is 5.75 Å². The van der Waals surface area contributed by atoms with E-state index in [0.29, 0.717) is 23.2 Å². The average molecular weight is 224 g/mol. The molecule has 1 aromatic heterocycles. The van der Waals surface area contributed by atoms with E-state index >= 15 is 0 Å². The van der Waals surface area contributed by atoms with Gasteiger partial charge in [0, 0.05) is 5.02 Å². The maximum absolute atomic E-state index is 5.81. The molecule has 0 aliphatic rings. The highest BCUT2D eigenvalue weighted by Gasteiger charge is 1.97. The monoisotopic (exact) mass is 223 g/mol. The summed E-state index contributed by atoms with van der Waals surface area (Å²) >= 11 is 5.81. The third-order valence-electron chi connectivity index (χ3n) is 1.81. The van der Waals surface area contributed by atoms with E-state index in [2.05, 4.69) is 5.10 Å². The van der Waals surface area contributed by atoms with Gasteiger partial charge in [0.15, 0.2) is 6.73 Å². The van der Waals surface area contributed by atoms with Crippen LogP contribution in [0.2, 0.25) is 5.02 Å². The highest BCUT2D eigenvalue weighted by Crippen LogP contribution is 2.17. The SMILES string of the molecule is Nc1cnn(COc2cccc(Cl)c2)c1. The van der Waals surface area contributed by atoms with Crippen LogP contribution >= 0.6 is 11.6 Å². The first kappa shape index (κ1) is 9.86. The second-order valence-corrected chi connectivity index (χ2v) is 3.48. The third kappa shape index (κ3) is 2.63. The van der Waals surface area contributed by atoms with Crippen molar-refractivity contribution in [3.05, 3.63) is 41.7 Å². The van der Waals surface area contributed by atoms with Crippen LogP contribution in [0.5, 0.6) is 5.75 Å². The maximum Gasteiger partial charge on any atom is 0.180 e. The molecule has 0 saturated carbocycles. The molecule has 4 nitrogen and oxygen atoms in total. The molecule has 2 N–H and O–H groups in total. The summed E-state index contributed by atoms with van der Waals surface area (Å²) in [4.78, 5) is 0. The van der Waals surface area contributed by atoms with Crippen LogP contribution in [0.25, 0.3) is 0 Å². The number of halogens is 1. The lowest BCUT2D eigenvalue weighted by molar-refractivity contribution is 0.221. The molecule has 2 aromatic rings. The Bertz CT molecular complexity index is 455. The third-order valence-corrected chi connectivity index (χ3v) is 2.05. The summed E-state index contributed by atoms with van der Waals surface area (Å²) < 4.78 is 7.05. The normalized spacial score (nSPS) is 10.2. The molecule has 1 heterocycles. The Kier molecular flexibility index (Phi) is 2.78. The molecular weight excluding hydrogens is 214 g/mol. The zero-order valence-corrected chi connectivity index (χ0v) is 8.69. The van der Waals surface area contributed by atoms with E-state index in [4.69, 9.17) is 22.1 Å². The summed E-state index contributed by atoms with van der Waals surface area (Å²) in [5, 5.41) is 4.63. The Morgan fingerprint density at radius 2 is 2.33 bits per heavy atom. The van der Waals surface area contributed by atoms with Crippen LogP contribution in [-0.2, 0) is 6.73 Å². The predicted molar refractivity (Wildman–Crippen MR) is 58.7 cm³/mol. The number of benzene rings is 1. The van der Waals surface area contributed by atoms with Crippen LogP contribution in [0.1, 0.15) is 0 Å². The lowest BCUT2D eigenvalue weighted by Crippen LogP contribution is -2.05. The summed E-state index contributed by atoms with van der Waals surface area (Å²) in [7, 11) is 0. The van der Waals surface area contributed by atoms with Crippen molar-refractivity contribution >= 4 is 17.3 Å². The molecule has 0 spiro atoms. The Hall–Kier alpha value is -1.68. The van der Waals surface area contributed by atoms with E-state index in [1.54, 1.807) is 29.2 Å². The highest BCUT2D eigenvalue weighted by atomic mass is 35.5. The molecule has 0 atom stereocenters. The largest absolute Gasteiger partial charge is 0.471 e.